The number of carboxylic acid groups (broad SMARTS) is 1. The SMILES string of the molecule is Cc1cccc(CCCCC2(C)CC2)c1CCCCC1(C(=O)O)CC1. The summed E-state index contributed by atoms with van der Waals surface area (Å²) in [4.78, 5) is 11.3. The third-order valence-corrected chi connectivity index (χ3v) is 6.73. The van der Waals surface area contributed by atoms with Crippen LogP contribution in [0.4, 0.5) is 0 Å². The van der Waals surface area contributed by atoms with Crippen molar-refractivity contribution in [1.82, 2.24) is 0 Å². The van der Waals surface area contributed by atoms with E-state index in [0.29, 0.717) is 5.41 Å². The van der Waals surface area contributed by atoms with Gasteiger partial charge in [0.25, 0.3) is 0 Å². The van der Waals surface area contributed by atoms with E-state index in [0.717, 1.165) is 38.5 Å². The molecule has 2 heteroatoms. The summed E-state index contributed by atoms with van der Waals surface area (Å²) in [5.74, 6) is -0.576. The molecule has 1 N–H and O–H groups in total. The van der Waals surface area contributed by atoms with Crippen LogP contribution in [0.25, 0.3) is 0 Å². The van der Waals surface area contributed by atoms with Crippen molar-refractivity contribution in [3.05, 3.63) is 34.9 Å². The van der Waals surface area contributed by atoms with Gasteiger partial charge in [-0.1, -0.05) is 38.0 Å². The van der Waals surface area contributed by atoms with Crippen LogP contribution >= 0.6 is 0 Å². The third kappa shape index (κ3) is 4.86. The van der Waals surface area contributed by atoms with Crippen molar-refractivity contribution in [2.45, 2.75) is 90.9 Å². The number of aliphatic carboxylic acids is 1. The quantitative estimate of drug-likeness (QED) is 0.494. The van der Waals surface area contributed by atoms with Crippen LogP contribution in [0, 0.1) is 17.8 Å². The Kier molecular flexibility index (Phi) is 5.55. The highest BCUT2D eigenvalue weighted by Gasteiger charge is 2.49. The summed E-state index contributed by atoms with van der Waals surface area (Å²) in [7, 11) is 0. The first-order valence-corrected chi connectivity index (χ1v) is 10.3. The molecule has 25 heavy (non-hydrogen) atoms. The molecule has 2 aliphatic rings. The summed E-state index contributed by atoms with van der Waals surface area (Å²) in [5, 5.41) is 9.29. The zero-order chi connectivity index (χ0) is 17.9. The van der Waals surface area contributed by atoms with E-state index in [2.05, 4.69) is 32.0 Å². The average Bonchev–Trinajstić information content (AvgIpc) is 3.48. The predicted octanol–water partition coefficient (Wildman–Crippen LogP) is 6.09. The van der Waals surface area contributed by atoms with Gasteiger partial charge in [0.05, 0.1) is 5.41 Å². The largest absolute Gasteiger partial charge is 0.481 e. The van der Waals surface area contributed by atoms with Crippen molar-refractivity contribution >= 4 is 5.97 Å². The molecule has 0 bridgehead atoms. The molecular formula is C23H34O2. The van der Waals surface area contributed by atoms with Crippen LogP contribution < -0.4 is 0 Å². The molecule has 0 spiro atoms. The van der Waals surface area contributed by atoms with E-state index in [-0.39, 0.29) is 5.41 Å². The number of carbonyl (C=O) groups is 1. The molecule has 2 nitrogen and oxygen atoms in total. The van der Waals surface area contributed by atoms with E-state index in [1.54, 1.807) is 0 Å². The zero-order valence-electron chi connectivity index (χ0n) is 16.1. The Morgan fingerprint density at radius 3 is 2.32 bits per heavy atom. The summed E-state index contributed by atoms with van der Waals surface area (Å²) in [6.07, 6.45) is 14.0. The highest BCUT2D eigenvalue weighted by Crippen LogP contribution is 2.50. The molecule has 0 unspecified atom stereocenters. The van der Waals surface area contributed by atoms with Gasteiger partial charge in [-0.15, -0.1) is 0 Å². The first-order chi connectivity index (χ1) is 11.9. The summed E-state index contributed by atoms with van der Waals surface area (Å²) in [5.41, 5.74) is 4.79. The smallest absolute Gasteiger partial charge is 0.309 e. The van der Waals surface area contributed by atoms with Gasteiger partial charge in [-0.2, -0.15) is 0 Å². The van der Waals surface area contributed by atoms with Gasteiger partial charge >= 0.3 is 5.97 Å². The molecule has 3 rings (SSSR count). The van der Waals surface area contributed by atoms with E-state index in [9.17, 15) is 9.90 Å². The van der Waals surface area contributed by atoms with Crippen molar-refractivity contribution in [3.63, 3.8) is 0 Å². The van der Waals surface area contributed by atoms with Crippen LogP contribution in [0.1, 0.15) is 87.8 Å². The second-order valence-corrected chi connectivity index (χ2v) is 9.02. The van der Waals surface area contributed by atoms with Crippen molar-refractivity contribution < 1.29 is 9.90 Å². The fourth-order valence-corrected chi connectivity index (χ4v) is 4.17. The van der Waals surface area contributed by atoms with Crippen LogP contribution in [-0.2, 0) is 17.6 Å². The van der Waals surface area contributed by atoms with Gasteiger partial charge < -0.3 is 5.11 Å². The maximum Gasteiger partial charge on any atom is 0.309 e. The molecule has 0 heterocycles. The number of hydrogen-bond acceptors (Lipinski definition) is 1. The van der Waals surface area contributed by atoms with Gasteiger partial charge in [0.15, 0.2) is 0 Å². The molecule has 2 fully saturated rings. The van der Waals surface area contributed by atoms with Crippen LogP contribution in [0.3, 0.4) is 0 Å². The molecular weight excluding hydrogens is 308 g/mol. The molecule has 0 atom stereocenters. The Balaban J connectivity index is 1.45. The van der Waals surface area contributed by atoms with Crippen molar-refractivity contribution in [2.75, 3.05) is 0 Å². The molecule has 2 aliphatic carbocycles. The number of aryl methyl sites for hydroxylation is 2. The third-order valence-electron chi connectivity index (χ3n) is 6.73. The van der Waals surface area contributed by atoms with Gasteiger partial charge in [-0.3, -0.25) is 4.79 Å². The van der Waals surface area contributed by atoms with Gasteiger partial charge in [0.2, 0.25) is 0 Å². The summed E-state index contributed by atoms with van der Waals surface area (Å²) < 4.78 is 0. The van der Waals surface area contributed by atoms with Gasteiger partial charge in [-0.05, 0) is 93.2 Å². The number of hydrogen-bond donors (Lipinski definition) is 1. The molecule has 0 amide bonds. The first kappa shape index (κ1) is 18.5. The minimum atomic E-state index is -0.576. The Morgan fingerprint density at radius 1 is 1.00 bits per heavy atom. The zero-order valence-corrected chi connectivity index (χ0v) is 16.1. The lowest BCUT2D eigenvalue weighted by Crippen LogP contribution is -2.14. The Bertz CT molecular complexity index is 609. The molecule has 138 valence electrons. The molecule has 2 saturated carbocycles. The molecule has 0 radical (unpaired) electrons. The summed E-state index contributed by atoms with van der Waals surface area (Å²) >= 11 is 0. The van der Waals surface area contributed by atoms with Crippen molar-refractivity contribution in [1.29, 1.82) is 0 Å². The maximum absolute atomic E-state index is 11.3. The molecule has 1 aromatic rings. The first-order valence-electron chi connectivity index (χ1n) is 10.3. The average molecular weight is 343 g/mol. The van der Waals surface area contributed by atoms with Crippen molar-refractivity contribution in [2.24, 2.45) is 10.8 Å². The fourth-order valence-electron chi connectivity index (χ4n) is 4.17. The normalized spacial score (nSPS) is 19.6. The number of rotatable bonds is 11. The fraction of sp³-hybridized carbons (Fsp3) is 0.696. The standard InChI is InChI=1S/C23H34O2/c1-18-8-7-10-19(9-3-5-12-22(2)14-15-22)20(18)11-4-6-13-23(16-17-23)21(24)25/h7-8,10H,3-6,9,11-17H2,1-2H3,(H,24,25). The Morgan fingerprint density at radius 2 is 1.68 bits per heavy atom. The highest BCUT2D eigenvalue weighted by atomic mass is 16.4. The van der Waals surface area contributed by atoms with E-state index < -0.39 is 5.97 Å². The number of unbranched alkanes of at least 4 members (excludes halogenated alkanes) is 2. The Labute approximate surface area is 153 Å². The van der Waals surface area contributed by atoms with E-state index in [1.165, 1.54) is 55.2 Å². The Hall–Kier alpha value is -1.31. The van der Waals surface area contributed by atoms with Crippen molar-refractivity contribution in [3.8, 4) is 0 Å². The van der Waals surface area contributed by atoms with E-state index in [1.807, 2.05) is 0 Å². The number of benzene rings is 1. The highest BCUT2D eigenvalue weighted by molar-refractivity contribution is 5.77. The minimum Gasteiger partial charge on any atom is -0.481 e. The van der Waals surface area contributed by atoms with Crippen LogP contribution in [0.5, 0.6) is 0 Å². The molecule has 0 aromatic heterocycles. The topological polar surface area (TPSA) is 37.3 Å². The summed E-state index contributed by atoms with van der Waals surface area (Å²) in [6, 6.07) is 6.73. The second kappa shape index (κ2) is 7.51. The second-order valence-electron chi connectivity index (χ2n) is 9.02. The van der Waals surface area contributed by atoms with Gasteiger partial charge in [-0.25, -0.2) is 0 Å². The lowest BCUT2D eigenvalue weighted by molar-refractivity contribution is -0.143. The monoisotopic (exact) mass is 342 g/mol. The van der Waals surface area contributed by atoms with Crippen LogP contribution in [0.2, 0.25) is 0 Å². The predicted molar refractivity (Wildman–Crippen MR) is 103 cm³/mol. The summed E-state index contributed by atoms with van der Waals surface area (Å²) in [6.45, 7) is 4.65. The number of carboxylic acids is 1. The van der Waals surface area contributed by atoms with E-state index >= 15 is 0 Å². The maximum atomic E-state index is 11.3. The lowest BCUT2D eigenvalue weighted by Gasteiger charge is -2.14. The molecule has 1 aromatic carbocycles. The lowest BCUT2D eigenvalue weighted by atomic mass is 9.91. The van der Waals surface area contributed by atoms with Gasteiger partial charge in [0, 0.05) is 0 Å². The van der Waals surface area contributed by atoms with Gasteiger partial charge in [0.1, 0.15) is 0 Å². The van der Waals surface area contributed by atoms with Crippen LogP contribution in [0.15, 0.2) is 18.2 Å². The molecule has 0 saturated heterocycles. The van der Waals surface area contributed by atoms with E-state index in [4.69, 9.17) is 0 Å². The minimum absolute atomic E-state index is 0.354. The van der Waals surface area contributed by atoms with Crippen LogP contribution in [-0.4, -0.2) is 11.1 Å². The molecule has 0 aliphatic heterocycles.